The average molecular weight is 499 g/mol. The minimum atomic E-state index is -3.49. The van der Waals surface area contributed by atoms with Crippen molar-refractivity contribution in [2.24, 2.45) is 5.92 Å². The summed E-state index contributed by atoms with van der Waals surface area (Å²) in [6.45, 7) is 5.88. The molecule has 0 radical (unpaired) electrons. The van der Waals surface area contributed by atoms with Gasteiger partial charge in [0.25, 0.3) is 0 Å². The van der Waals surface area contributed by atoms with Crippen molar-refractivity contribution in [3.8, 4) is 11.5 Å². The highest BCUT2D eigenvalue weighted by Crippen LogP contribution is 2.30. The van der Waals surface area contributed by atoms with Gasteiger partial charge in [0.05, 0.1) is 24.7 Å². The van der Waals surface area contributed by atoms with Gasteiger partial charge in [-0.1, -0.05) is 43.3 Å². The Labute approximate surface area is 208 Å². The van der Waals surface area contributed by atoms with Gasteiger partial charge in [0, 0.05) is 4.88 Å². The maximum Gasteiger partial charge on any atom is 0.157 e. The van der Waals surface area contributed by atoms with Gasteiger partial charge in [-0.2, -0.15) is 0 Å². The van der Waals surface area contributed by atoms with Crippen LogP contribution in [0.1, 0.15) is 29.3 Å². The maximum atomic E-state index is 14.2. The molecular formula is C28H34O4S2. The Morgan fingerprint density at radius 3 is 1.82 bits per heavy atom. The molecule has 0 fully saturated rings. The molecule has 2 unspecified atom stereocenters. The van der Waals surface area contributed by atoms with E-state index in [-0.39, 0.29) is 5.92 Å². The van der Waals surface area contributed by atoms with E-state index in [0.717, 1.165) is 27.5 Å². The molecule has 4 nitrogen and oxygen atoms in total. The van der Waals surface area contributed by atoms with E-state index in [9.17, 15) is 8.42 Å². The maximum absolute atomic E-state index is 14.2. The lowest BCUT2D eigenvalue weighted by Crippen LogP contribution is -2.40. The van der Waals surface area contributed by atoms with Crippen LogP contribution >= 0.6 is 11.3 Å². The largest absolute Gasteiger partial charge is 0.497 e. The predicted molar refractivity (Wildman–Crippen MR) is 142 cm³/mol. The van der Waals surface area contributed by atoms with E-state index in [2.05, 4.69) is 6.58 Å². The Balaban J connectivity index is 1.97. The third-order valence-corrected chi connectivity index (χ3v) is 9.92. The number of rotatable bonds is 13. The lowest BCUT2D eigenvalue weighted by atomic mass is 10.0. The summed E-state index contributed by atoms with van der Waals surface area (Å²) in [6, 6.07) is 19.4. The van der Waals surface area contributed by atoms with Gasteiger partial charge in [-0.15, -0.1) is 17.9 Å². The van der Waals surface area contributed by atoms with Gasteiger partial charge in [0.15, 0.2) is 9.84 Å². The molecule has 1 heterocycles. The first kappa shape index (κ1) is 26.0. The third kappa shape index (κ3) is 6.73. The van der Waals surface area contributed by atoms with E-state index in [0.29, 0.717) is 25.7 Å². The number of ether oxygens (including phenoxy) is 2. The molecule has 0 aliphatic carbocycles. The van der Waals surface area contributed by atoms with Crippen molar-refractivity contribution in [1.82, 2.24) is 0 Å². The van der Waals surface area contributed by atoms with Crippen LogP contribution in [-0.4, -0.2) is 33.1 Å². The number of allylic oxidation sites excluding steroid dienone is 1. The van der Waals surface area contributed by atoms with Crippen LogP contribution in [0.25, 0.3) is 0 Å². The molecule has 0 aliphatic heterocycles. The molecule has 0 saturated heterocycles. The number of benzene rings is 2. The second kappa shape index (κ2) is 12.2. The van der Waals surface area contributed by atoms with Gasteiger partial charge in [-0.25, -0.2) is 8.42 Å². The zero-order valence-electron chi connectivity index (χ0n) is 20.1. The van der Waals surface area contributed by atoms with Gasteiger partial charge in [-0.05, 0) is 78.4 Å². The SMILES string of the molecule is C=CCC(C)C(Cc1cccs1)S(=O)(=O)C(Cc1ccc(OC)cc1)Cc1ccc(OC)cc1. The van der Waals surface area contributed by atoms with Crippen LogP contribution in [0.5, 0.6) is 11.5 Å². The van der Waals surface area contributed by atoms with E-state index in [1.807, 2.05) is 79.0 Å². The molecule has 0 N–H and O–H groups in total. The molecule has 3 rings (SSSR count). The number of hydrogen-bond donors (Lipinski definition) is 0. The van der Waals surface area contributed by atoms with Crippen LogP contribution in [0, 0.1) is 5.92 Å². The number of methoxy groups -OCH3 is 2. The minimum Gasteiger partial charge on any atom is -0.497 e. The molecule has 3 aromatic rings. The van der Waals surface area contributed by atoms with E-state index >= 15 is 0 Å². The summed E-state index contributed by atoms with van der Waals surface area (Å²) in [5, 5.41) is 0.973. The molecule has 0 aliphatic rings. The molecule has 1 aromatic heterocycles. The lowest BCUT2D eigenvalue weighted by Gasteiger charge is -2.28. The molecule has 0 amide bonds. The van der Waals surface area contributed by atoms with Crippen LogP contribution in [-0.2, 0) is 29.1 Å². The van der Waals surface area contributed by atoms with Gasteiger partial charge in [0.2, 0.25) is 0 Å². The van der Waals surface area contributed by atoms with Gasteiger partial charge < -0.3 is 9.47 Å². The highest BCUT2D eigenvalue weighted by atomic mass is 32.2. The summed E-state index contributed by atoms with van der Waals surface area (Å²) in [5.41, 5.74) is 1.96. The Morgan fingerprint density at radius 1 is 0.882 bits per heavy atom. The fourth-order valence-electron chi connectivity index (χ4n) is 4.28. The number of hydrogen-bond acceptors (Lipinski definition) is 5. The normalized spacial score (nSPS) is 13.4. The predicted octanol–water partition coefficient (Wildman–Crippen LogP) is 6.16. The van der Waals surface area contributed by atoms with E-state index < -0.39 is 20.3 Å². The molecule has 0 bridgehead atoms. The summed E-state index contributed by atoms with van der Waals surface area (Å²) >= 11 is 1.61. The minimum absolute atomic E-state index is 0.0289. The molecule has 182 valence electrons. The highest BCUT2D eigenvalue weighted by molar-refractivity contribution is 7.92. The highest BCUT2D eigenvalue weighted by Gasteiger charge is 2.37. The molecular weight excluding hydrogens is 464 g/mol. The average Bonchev–Trinajstić information content (AvgIpc) is 3.36. The Bertz CT molecular complexity index is 1070. The molecule has 0 spiro atoms. The zero-order valence-corrected chi connectivity index (χ0v) is 21.8. The number of thiophene rings is 1. The van der Waals surface area contributed by atoms with Crippen molar-refractivity contribution in [1.29, 1.82) is 0 Å². The van der Waals surface area contributed by atoms with Crippen molar-refractivity contribution < 1.29 is 17.9 Å². The monoisotopic (exact) mass is 498 g/mol. The van der Waals surface area contributed by atoms with Gasteiger partial charge in [-0.3, -0.25) is 0 Å². The summed E-state index contributed by atoms with van der Waals surface area (Å²) < 4.78 is 39.1. The summed E-state index contributed by atoms with van der Waals surface area (Å²) in [7, 11) is -0.238. The molecule has 6 heteroatoms. The van der Waals surface area contributed by atoms with Gasteiger partial charge in [0.1, 0.15) is 11.5 Å². The Hall–Kier alpha value is -2.57. The standard InChI is InChI=1S/C28H34O4S2/c1-5-7-21(2)28(20-26-8-6-17-33-26)34(29,30)27(18-22-9-13-24(31-3)14-10-22)19-23-11-15-25(32-4)16-12-23/h5-6,8-17,21,27-28H,1,7,18-20H2,2-4H3. The van der Waals surface area contributed by atoms with Crippen molar-refractivity contribution >= 4 is 21.2 Å². The van der Waals surface area contributed by atoms with E-state index in [4.69, 9.17) is 9.47 Å². The first-order valence-corrected chi connectivity index (χ1v) is 14.0. The van der Waals surface area contributed by atoms with E-state index in [1.165, 1.54) is 0 Å². The molecule has 2 atom stereocenters. The van der Waals surface area contributed by atoms with Crippen LogP contribution < -0.4 is 9.47 Å². The smallest absolute Gasteiger partial charge is 0.157 e. The number of sulfone groups is 1. The molecule has 2 aromatic carbocycles. The van der Waals surface area contributed by atoms with Crippen LogP contribution in [0.2, 0.25) is 0 Å². The van der Waals surface area contributed by atoms with Crippen molar-refractivity contribution in [2.45, 2.75) is 43.1 Å². The fourth-order valence-corrected chi connectivity index (χ4v) is 7.67. The first-order valence-electron chi connectivity index (χ1n) is 11.5. The quantitative estimate of drug-likeness (QED) is 0.265. The fraction of sp³-hybridized carbons (Fsp3) is 0.357. The second-order valence-corrected chi connectivity index (χ2v) is 12.1. The topological polar surface area (TPSA) is 52.6 Å². The summed E-state index contributed by atoms with van der Waals surface area (Å²) in [4.78, 5) is 1.09. The van der Waals surface area contributed by atoms with Crippen LogP contribution in [0.4, 0.5) is 0 Å². The summed E-state index contributed by atoms with van der Waals surface area (Å²) in [5.74, 6) is 1.49. The molecule has 34 heavy (non-hydrogen) atoms. The van der Waals surface area contributed by atoms with E-state index in [1.54, 1.807) is 25.6 Å². The second-order valence-electron chi connectivity index (χ2n) is 8.64. The Morgan fingerprint density at radius 2 is 1.41 bits per heavy atom. The summed E-state index contributed by atoms with van der Waals surface area (Å²) in [6.07, 6.45) is 3.90. The van der Waals surface area contributed by atoms with Gasteiger partial charge >= 0.3 is 0 Å². The van der Waals surface area contributed by atoms with Crippen LogP contribution in [0.3, 0.4) is 0 Å². The molecule has 0 saturated carbocycles. The zero-order chi connectivity index (χ0) is 24.6. The first-order chi connectivity index (χ1) is 16.4. The van der Waals surface area contributed by atoms with Crippen molar-refractivity contribution in [2.75, 3.05) is 14.2 Å². The van der Waals surface area contributed by atoms with Crippen LogP contribution in [0.15, 0.2) is 78.7 Å². The Kier molecular flexibility index (Phi) is 9.36. The third-order valence-electron chi connectivity index (χ3n) is 6.29. The van der Waals surface area contributed by atoms with Crippen molar-refractivity contribution in [3.05, 3.63) is 94.7 Å². The van der Waals surface area contributed by atoms with Crippen molar-refractivity contribution in [3.63, 3.8) is 0 Å². The lowest BCUT2D eigenvalue weighted by molar-refractivity contribution is 0.414.